The van der Waals surface area contributed by atoms with Gasteiger partial charge in [0.15, 0.2) is 0 Å². The monoisotopic (exact) mass is 623 g/mol. The van der Waals surface area contributed by atoms with Gasteiger partial charge in [0.25, 0.3) is 5.91 Å². The lowest BCUT2D eigenvalue weighted by atomic mass is 9.62. The van der Waals surface area contributed by atoms with Crippen molar-refractivity contribution in [1.82, 2.24) is 4.90 Å². The van der Waals surface area contributed by atoms with Gasteiger partial charge in [-0.3, -0.25) is 14.4 Å². The number of hydrogen-bond donors (Lipinski definition) is 1. The van der Waals surface area contributed by atoms with Crippen molar-refractivity contribution in [2.45, 2.75) is 90.5 Å². The molecule has 0 aliphatic carbocycles. The second-order valence-electron chi connectivity index (χ2n) is 13.1. The molecule has 45 heavy (non-hydrogen) atoms. The summed E-state index contributed by atoms with van der Waals surface area (Å²) in [6.45, 7) is 21.6. The molecule has 3 aliphatic heterocycles. The molecule has 0 radical (unpaired) electrons. The number of unbranched alkanes of at least 4 members (excludes halogenated alkanes) is 1. The molecule has 3 unspecified atom stereocenters. The molecule has 1 N–H and O–H groups in total. The molecule has 1 aromatic rings. The van der Waals surface area contributed by atoms with Gasteiger partial charge in [0.2, 0.25) is 5.91 Å². The highest BCUT2D eigenvalue weighted by Gasteiger charge is 2.81. The number of carbonyl (C=O) groups excluding carboxylic acids is 3. The number of nitrogens with zero attached hydrogens (tertiary/aromatic N) is 3. The molecule has 3 fully saturated rings. The number of amides is 2. The van der Waals surface area contributed by atoms with Crippen molar-refractivity contribution in [2.24, 2.45) is 23.7 Å². The SMILES string of the molecule is C=CCCCOC(=O)[C@@H]1[C@H]2C(=O)N([C@@H](CO)[C@@H](C)CC)C(C(=O)N(CC=C)c3ccc(N(CC)CC)cc3)C23CC(C)[C@@]1(C)O3. The summed E-state index contributed by atoms with van der Waals surface area (Å²) in [5, 5.41) is 10.7. The number of ether oxygens (including phenoxy) is 2. The summed E-state index contributed by atoms with van der Waals surface area (Å²) in [4.78, 5) is 48.9. The Hall–Kier alpha value is -3.17. The summed E-state index contributed by atoms with van der Waals surface area (Å²) in [7, 11) is 0. The van der Waals surface area contributed by atoms with Gasteiger partial charge in [-0.2, -0.15) is 0 Å². The summed E-state index contributed by atoms with van der Waals surface area (Å²) >= 11 is 0. The Morgan fingerprint density at radius 1 is 1.16 bits per heavy atom. The maximum Gasteiger partial charge on any atom is 0.312 e. The predicted molar refractivity (Wildman–Crippen MR) is 177 cm³/mol. The van der Waals surface area contributed by atoms with Crippen LogP contribution in [0.25, 0.3) is 0 Å². The largest absolute Gasteiger partial charge is 0.465 e. The molecule has 1 spiro atoms. The van der Waals surface area contributed by atoms with E-state index in [0.717, 1.165) is 18.8 Å². The Morgan fingerprint density at radius 3 is 2.36 bits per heavy atom. The average molecular weight is 624 g/mol. The highest BCUT2D eigenvalue weighted by Crippen LogP contribution is 2.66. The Kier molecular flexibility index (Phi) is 10.9. The highest BCUT2D eigenvalue weighted by molar-refractivity contribution is 6.05. The van der Waals surface area contributed by atoms with E-state index in [-0.39, 0.29) is 43.4 Å². The highest BCUT2D eigenvalue weighted by atomic mass is 16.6. The van der Waals surface area contributed by atoms with Gasteiger partial charge in [-0.15, -0.1) is 13.2 Å². The molecule has 3 aliphatic rings. The van der Waals surface area contributed by atoms with Crippen LogP contribution in [0.4, 0.5) is 11.4 Å². The predicted octanol–water partition coefficient (Wildman–Crippen LogP) is 4.98. The molecule has 248 valence electrons. The first-order valence-electron chi connectivity index (χ1n) is 16.7. The zero-order valence-electron chi connectivity index (χ0n) is 28.0. The summed E-state index contributed by atoms with van der Waals surface area (Å²) in [6.07, 6.45) is 5.93. The van der Waals surface area contributed by atoms with Gasteiger partial charge in [0, 0.05) is 31.0 Å². The summed E-state index contributed by atoms with van der Waals surface area (Å²) in [5.74, 6) is -3.07. The fourth-order valence-electron chi connectivity index (χ4n) is 8.01. The van der Waals surface area contributed by atoms with Crippen molar-refractivity contribution in [3.63, 3.8) is 0 Å². The number of hydrogen-bond acceptors (Lipinski definition) is 7. The van der Waals surface area contributed by atoms with Crippen LogP contribution in [0.1, 0.15) is 67.2 Å². The lowest BCUT2D eigenvalue weighted by Crippen LogP contribution is -2.60. The summed E-state index contributed by atoms with van der Waals surface area (Å²) in [6, 6.07) is 6.18. The van der Waals surface area contributed by atoms with E-state index in [2.05, 4.69) is 31.9 Å². The number of anilines is 2. The molecular weight excluding hydrogens is 570 g/mol. The van der Waals surface area contributed by atoms with Crippen molar-refractivity contribution in [3.8, 4) is 0 Å². The Morgan fingerprint density at radius 2 is 1.80 bits per heavy atom. The van der Waals surface area contributed by atoms with Crippen molar-refractivity contribution in [3.05, 3.63) is 49.6 Å². The Bertz CT molecular complexity index is 1250. The number of rotatable bonds is 16. The minimum atomic E-state index is -1.24. The molecule has 0 aromatic heterocycles. The van der Waals surface area contributed by atoms with E-state index < -0.39 is 41.1 Å². The molecule has 3 heterocycles. The number of esters is 1. The number of aliphatic hydroxyl groups excluding tert-OH is 1. The molecular formula is C36H53N3O6. The molecule has 0 saturated carbocycles. The average Bonchev–Trinajstić information content (AvgIpc) is 3.55. The van der Waals surface area contributed by atoms with Crippen molar-refractivity contribution >= 4 is 29.2 Å². The maximum atomic E-state index is 15.0. The van der Waals surface area contributed by atoms with Crippen LogP contribution in [0.15, 0.2) is 49.6 Å². The lowest BCUT2D eigenvalue weighted by Gasteiger charge is -2.41. The van der Waals surface area contributed by atoms with Gasteiger partial charge in [0.05, 0.1) is 30.8 Å². The minimum absolute atomic E-state index is 0.0970. The van der Waals surface area contributed by atoms with E-state index in [1.54, 1.807) is 22.0 Å². The third kappa shape index (κ3) is 5.82. The van der Waals surface area contributed by atoms with Crippen molar-refractivity contribution in [1.29, 1.82) is 0 Å². The van der Waals surface area contributed by atoms with Gasteiger partial charge in [-0.1, -0.05) is 39.3 Å². The van der Waals surface area contributed by atoms with E-state index in [0.29, 0.717) is 31.4 Å². The van der Waals surface area contributed by atoms with Gasteiger partial charge < -0.3 is 29.3 Å². The van der Waals surface area contributed by atoms with Crippen LogP contribution in [0.2, 0.25) is 0 Å². The Labute approximate surface area is 269 Å². The fourth-order valence-corrected chi connectivity index (χ4v) is 8.01. The number of carbonyl (C=O) groups is 3. The van der Waals surface area contributed by atoms with Crippen molar-refractivity contribution < 1.29 is 29.0 Å². The number of fused-ring (bicyclic) bond motifs is 1. The van der Waals surface area contributed by atoms with E-state index >= 15 is 0 Å². The molecule has 8 atom stereocenters. The third-order valence-electron chi connectivity index (χ3n) is 10.8. The first-order valence-corrected chi connectivity index (χ1v) is 16.7. The standard InChI is InChI=1S/C36H53N3O6/c1-9-14-15-21-44-34(43)30-29-32(41)39(28(23-40)24(6)11-3)31(36(29)22-25(7)35(30,8)45-36)33(42)38(20-10-2)27-18-16-26(17-19-27)37(12-4)13-5/h9-10,16-19,24-25,28-31,40H,1-2,11-15,20-23H2,3-8H3/t24-,25?,28-,29-,30-,31?,35+,36?/m0/s1. The number of allylic oxidation sites excluding steroid dienone is 1. The molecule has 2 amide bonds. The molecule has 9 nitrogen and oxygen atoms in total. The molecule has 2 bridgehead atoms. The topological polar surface area (TPSA) is 99.6 Å². The lowest BCUT2D eigenvalue weighted by molar-refractivity contribution is -0.163. The second-order valence-corrected chi connectivity index (χ2v) is 13.1. The van der Waals surface area contributed by atoms with Gasteiger partial charge in [0.1, 0.15) is 17.6 Å². The number of benzene rings is 1. The normalized spacial score (nSPS) is 29.7. The summed E-state index contributed by atoms with van der Waals surface area (Å²) in [5.41, 5.74) is -0.483. The first-order chi connectivity index (χ1) is 21.5. The second kappa shape index (κ2) is 14.1. The van der Waals surface area contributed by atoms with Crippen LogP contribution in [0, 0.1) is 23.7 Å². The Balaban J connectivity index is 1.81. The molecule has 1 aromatic carbocycles. The van der Waals surface area contributed by atoms with Crippen LogP contribution in [0.3, 0.4) is 0 Å². The van der Waals surface area contributed by atoms with Gasteiger partial charge in [-0.05, 0) is 76.1 Å². The van der Waals surface area contributed by atoms with Crippen LogP contribution in [-0.2, 0) is 23.9 Å². The van der Waals surface area contributed by atoms with E-state index in [1.165, 1.54) is 0 Å². The maximum absolute atomic E-state index is 15.0. The van der Waals surface area contributed by atoms with Gasteiger partial charge in [-0.25, -0.2) is 0 Å². The van der Waals surface area contributed by atoms with Crippen LogP contribution >= 0.6 is 0 Å². The number of likely N-dealkylation sites (tertiary alicyclic amines) is 1. The molecule has 3 saturated heterocycles. The minimum Gasteiger partial charge on any atom is -0.465 e. The van der Waals surface area contributed by atoms with E-state index in [1.807, 2.05) is 52.0 Å². The summed E-state index contributed by atoms with van der Waals surface area (Å²) < 4.78 is 12.6. The van der Waals surface area contributed by atoms with Crippen LogP contribution < -0.4 is 9.80 Å². The quantitative estimate of drug-likeness (QED) is 0.158. The van der Waals surface area contributed by atoms with E-state index in [9.17, 15) is 19.5 Å². The zero-order valence-corrected chi connectivity index (χ0v) is 28.0. The first kappa shape index (κ1) is 34.7. The van der Waals surface area contributed by atoms with Crippen LogP contribution in [-0.4, -0.2) is 83.9 Å². The van der Waals surface area contributed by atoms with E-state index in [4.69, 9.17) is 9.47 Å². The molecule has 4 rings (SSSR count). The van der Waals surface area contributed by atoms with Gasteiger partial charge >= 0.3 is 5.97 Å². The van der Waals surface area contributed by atoms with Crippen molar-refractivity contribution in [2.75, 3.05) is 42.6 Å². The van der Waals surface area contributed by atoms with Crippen LogP contribution in [0.5, 0.6) is 0 Å². The molecule has 9 heteroatoms. The number of aliphatic hydroxyl groups is 1. The third-order valence-corrected chi connectivity index (χ3v) is 10.8. The zero-order chi connectivity index (χ0) is 33.1. The smallest absolute Gasteiger partial charge is 0.312 e. The fraction of sp³-hybridized carbons (Fsp3) is 0.639.